The largest absolute Gasteiger partial charge is 0.458 e. The molecular formula is C4H6O3. The van der Waals surface area contributed by atoms with Gasteiger partial charge in [0.2, 0.25) is 0 Å². The van der Waals surface area contributed by atoms with Crippen molar-refractivity contribution in [2.75, 3.05) is 6.61 Å². The highest BCUT2D eigenvalue weighted by molar-refractivity contribution is 5.68. The van der Waals surface area contributed by atoms with Crippen molar-refractivity contribution in [2.24, 2.45) is 0 Å². The van der Waals surface area contributed by atoms with E-state index in [1.807, 2.05) is 0 Å². The van der Waals surface area contributed by atoms with E-state index in [9.17, 15) is 9.59 Å². The Hall–Kier alpha value is -0.860. The van der Waals surface area contributed by atoms with Crippen molar-refractivity contribution in [3.63, 3.8) is 0 Å². The number of hydrogen-bond acceptors (Lipinski definition) is 3. The third kappa shape index (κ3) is 5.14. The molecule has 0 bridgehead atoms. The van der Waals surface area contributed by atoms with Gasteiger partial charge in [-0.25, -0.2) is 0 Å². The van der Waals surface area contributed by atoms with Crippen molar-refractivity contribution >= 4 is 12.3 Å². The van der Waals surface area contributed by atoms with Crippen molar-refractivity contribution in [2.45, 2.75) is 6.92 Å². The summed E-state index contributed by atoms with van der Waals surface area (Å²) in [5.74, 6) is -0.424. The number of ether oxygens (including phenoxy) is 1. The molecule has 0 saturated carbocycles. The fourth-order valence-electron chi connectivity index (χ4n) is 0.151. The van der Waals surface area contributed by atoms with Gasteiger partial charge >= 0.3 is 5.97 Å². The summed E-state index contributed by atoms with van der Waals surface area (Å²) in [6.45, 7) is 1.12. The van der Waals surface area contributed by atoms with E-state index >= 15 is 0 Å². The van der Waals surface area contributed by atoms with Crippen LogP contribution in [0.2, 0.25) is 0 Å². The maximum atomic E-state index is 9.82. The molecule has 0 aliphatic rings. The molecule has 0 radical (unpaired) electrons. The van der Waals surface area contributed by atoms with Crippen molar-refractivity contribution in [3.05, 3.63) is 0 Å². The molecule has 0 atom stereocenters. The van der Waals surface area contributed by atoms with Gasteiger partial charge in [-0.1, -0.05) is 0 Å². The van der Waals surface area contributed by atoms with E-state index in [-0.39, 0.29) is 6.61 Å². The van der Waals surface area contributed by atoms with E-state index < -0.39 is 5.97 Å². The molecule has 3 nitrogen and oxygen atoms in total. The van der Waals surface area contributed by atoms with Gasteiger partial charge in [-0.3, -0.25) is 9.59 Å². The summed E-state index contributed by atoms with van der Waals surface area (Å²) < 4.78 is 4.18. The first-order chi connectivity index (χ1) is 3.27. The molecule has 0 spiro atoms. The van der Waals surface area contributed by atoms with Gasteiger partial charge in [0.25, 0.3) is 0 Å². The maximum absolute atomic E-state index is 9.82. The number of esters is 1. The second kappa shape index (κ2) is 3.33. The van der Waals surface area contributed by atoms with Gasteiger partial charge in [0.1, 0.15) is 6.61 Å². The molecule has 0 heterocycles. The van der Waals surface area contributed by atoms with Gasteiger partial charge < -0.3 is 4.74 Å². The standard InChI is InChI=1S/C4H6O3/c1-4(6)7-3-2-5/h2H,3H2,1H3. The lowest BCUT2D eigenvalue weighted by atomic mass is 10.8. The van der Waals surface area contributed by atoms with Crippen molar-refractivity contribution < 1.29 is 14.3 Å². The molecular weight excluding hydrogens is 96.0 g/mol. The summed E-state index contributed by atoms with van der Waals surface area (Å²) in [6, 6.07) is 0. The first kappa shape index (κ1) is 6.14. The zero-order valence-electron chi connectivity index (χ0n) is 4.01. The van der Waals surface area contributed by atoms with E-state index in [1.54, 1.807) is 0 Å². The highest BCUT2D eigenvalue weighted by atomic mass is 16.5. The summed E-state index contributed by atoms with van der Waals surface area (Å²) in [5.41, 5.74) is 0. The second-order valence-electron chi connectivity index (χ2n) is 0.969. The minimum atomic E-state index is -0.424. The monoisotopic (exact) mass is 102 g/mol. The van der Waals surface area contributed by atoms with Crippen LogP contribution in [0.15, 0.2) is 0 Å². The molecule has 0 aromatic rings. The van der Waals surface area contributed by atoms with Gasteiger partial charge in [-0.2, -0.15) is 0 Å². The topological polar surface area (TPSA) is 43.4 Å². The fourth-order valence-corrected chi connectivity index (χ4v) is 0.151. The van der Waals surface area contributed by atoms with Crippen LogP contribution >= 0.6 is 0 Å². The summed E-state index contributed by atoms with van der Waals surface area (Å²) in [7, 11) is 0. The van der Waals surface area contributed by atoms with Crippen LogP contribution in [-0.2, 0) is 14.3 Å². The second-order valence-corrected chi connectivity index (χ2v) is 0.969. The molecule has 0 amide bonds. The number of rotatable bonds is 2. The minimum absolute atomic E-state index is 0.130. The summed E-state index contributed by atoms with van der Waals surface area (Å²) >= 11 is 0. The molecule has 0 aliphatic carbocycles. The van der Waals surface area contributed by atoms with Crippen LogP contribution in [-0.4, -0.2) is 18.9 Å². The SMILES string of the molecule is CC(=O)OCC=O. The van der Waals surface area contributed by atoms with Crippen LogP contribution in [0.1, 0.15) is 6.92 Å². The average Bonchev–Trinajstić information content (AvgIpc) is 1.61. The van der Waals surface area contributed by atoms with Crippen LogP contribution in [0.3, 0.4) is 0 Å². The maximum Gasteiger partial charge on any atom is 0.303 e. The zero-order valence-corrected chi connectivity index (χ0v) is 4.01. The van der Waals surface area contributed by atoms with Gasteiger partial charge in [-0.05, 0) is 0 Å². The van der Waals surface area contributed by atoms with E-state index in [1.165, 1.54) is 6.92 Å². The van der Waals surface area contributed by atoms with Crippen molar-refractivity contribution in [1.29, 1.82) is 0 Å². The Morgan fingerprint density at radius 1 is 1.86 bits per heavy atom. The smallest absolute Gasteiger partial charge is 0.303 e. The number of hydrogen-bond donors (Lipinski definition) is 0. The van der Waals surface area contributed by atoms with E-state index in [0.717, 1.165) is 0 Å². The summed E-state index contributed by atoms with van der Waals surface area (Å²) in [5, 5.41) is 0. The zero-order chi connectivity index (χ0) is 5.70. The molecule has 3 heteroatoms. The molecule has 0 rings (SSSR count). The highest BCUT2D eigenvalue weighted by Crippen LogP contribution is 1.68. The molecule has 0 unspecified atom stereocenters. The Morgan fingerprint density at radius 3 is 2.57 bits per heavy atom. The molecule has 7 heavy (non-hydrogen) atoms. The van der Waals surface area contributed by atoms with Gasteiger partial charge in [0.05, 0.1) is 0 Å². The quantitative estimate of drug-likeness (QED) is 0.356. The van der Waals surface area contributed by atoms with Gasteiger partial charge in [0, 0.05) is 6.92 Å². The Morgan fingerprint density at radius 2 is 2.43 bits per heavy atom. The Balaban J connectivity index is 2.97. The van der Waals surface area contributed by atoms with Gasteiger partial charge in [0.15, 0.2) is 6.29 Å². The molecule has 0 N–H and O–H groups in total. The third-order valence-electron chi connectivity index (χ3n) is 0.355. The third-order valence-corrected chi connectivity index (χ3v) is 0.355. The van der Waals surface area contributed by atoms with Crippen LogP contribution in [0.25, 0.3) is 0 Å². The molecule has 0 aromatic carbocycles. The average molecular weight is 102 g/mol. The first-order valence-corrected chi connectivity index (χ1v) is 1.84. The van der Waals surface area contributed by atoms with Crippen LogP contribution in [0, 0.1) is 0 Å². The van der Waals surface area contributed by atoms with E-state index in [4.69, 9.17) is 0 Å². The van der Waals surface area contributed by atoms with Crippen LogP contribution in [0.4, 0.5) is 0 Å². The van der Waals surface area contributed by atoms with Gasteiger partial charge in [-0.15, -0.1) is 0 Å². The highest BCUT2D eigenvalue weighted by Gasteiger charge is 1.85. The lowest BCUT2D eigenvalue weighted by Crippen LogP contribution is -2.00. The summed E-state index contributed by atoms with van der Waals surface area (Å²) in [6.07, 6.45) is 0.529. The Kier molecular flexibility index (Phi) is 2.92. The number of aldehydes is 1. The van der Waals surface area contributed by atoms with Crippen molar-refractivity contribution in [3.8, 4) is 0 Å². The van der Waals surface area contributed by atoms with Crippen molar-refractivity contribution in [1.82, 2.24) is 0 Å². The predicted octanol–water partition coefficient (Wildman–Crippen LogP) is -0.252. The minimum Gasteiger partial charge on any atom is -0.458 e. The fraction of sp³-hybridized carbons (Fsp3) is 0.500. The van der Waals surface area contributed by atoms with Crippen LogP contribution in [0.5, 0.6) is 0 Å². The molecule has 0 fully saturated rings. The predicted molar refractivity (Wildman–Crippen MR) is 22.7 cm³/mol. The summed E-state index contributed by atoms with van der Waals surface area (Å²) in [4.78, 5) is 19.3. The lowest BCUT2D eigenvalue weighted by molar-refractivity contribution is -0.143. The normalized spacial score (nSPS) is 7.57. The lowest BCUT2D eigenvalue weighted by Gasteiger charge is -1.88. The van der Waals surface area contributed by atoms with Crippen LogP contribution < -0.4 is 0 Å². The number of carbonyl (C=O) groups is 2. The first-order valence-electron chi connectivity index (χ1n) is 1.84. The van der Waals surface area contributed by atoms with E-state index in [0.29, 0.717) is 6.29 Å². The molecule has 0 aromatic heterocycles. The molecule has 0 aliphatic heterocycles. The molecule has 40 valence electrons. The number of carbonyl (C=O) groups excluding carboxylic acids is 2. The Bertz CT molecular complexity index is 77.0. The molecule has 0 saturated heterocycles. The Labute approximate surface area is 41.3 Å². The van der Waals surface area contributed by atoms with E-state index in [2.05, 4.69) is 4.74 Å².